The largest absolute Gasteiger partial charge is 0.372 e. The number of carbonyl (C=O) groups excluding carboxylic acids is 2. The molecule has 0 spiro atoms. The molecule has 2 fully saturated rings. The molecule has 1 saturated carbocycles. The van der Waals surface area contributed by atoms with Crippen molar-refractivity contribution in [1.82, 2.24) is 10.2 Å². The predicted octanol–water partition coefficient (Wildman–Crippen LogP) is 1.32. The fourth-order valence-corrected chi connectivity index (χ4v) is 3.45. The Kier molecular flexibility index (Phi) is 5.02. The highest BCUT2D eigenvalue weighted by Crippen LogP contribution is 2.29. The number of carbonyl (C=O) groups is 2. The van der Waals surface area contributed by atoms with Gasteiger partial charge in [0.15, 0.2) is 0 Å². The van der Waals surface area contributed by atoms with E-state index in [1.807, 2.05) is 18.7 Å². The van der Waals surface area contributed by atoms with Crippen molar-refractivity contribution < 1.29 is 14.3 Å². The third-order valence-electron chi connectivity index (χ3n) is 4.23. The van der Waals surface area contributed by atoms with Crippen LogP contribution in [0, 0.1) is 5.92 Å². The molecule has 1 aliphatic carbocycles. The maximum atomic E-state index is 12.8. The van der Waals surface area contributed by atoms with Crippen molar-refractivity contribution in [2.45, 2.75) is 64.7 Å². The molecule has 0 aromatic heterocycles. The summed E-state index contributed by atoms with van der Waals surface area (Å²) in [6.45, 7) is 6.69. The summed E-state index contributed by atoms with van der Waals surface area (Å²) in [5.41, 5.74) is 0. The molecule has 1 saturated heterocycles. The van der Waals surface area contributed by atoms with Gasteiger partial charge in [0.05, 0.1) is 12.2 Å². The molecule has 20 heavy (non-hydrogen) atoms. The van der Waals surface area contributed by atoms with Crippen LogP contribution in [0.3, 0.4) is 0 Å². The Hall–Kier alpha value is -1.10. The quantitative estimate of drug-likeness (QED) is 0.849. The average molecular weight is 282 g/mol. The zero-order chi connectivity index (χ0) is 14.7. The average Bonchev–Trinajstić information content (AvgIpc) is 2.87. The molecule has 0 aromatic carbocycles. The first-order valence-electron chi connectivity index (χ1n) is 7.68. The first kappa shape index (κ1) is 15.3. The van der Waals surface area contributed by atoms with E-state index in [0.29, 0.717) is 19.0 Å². The van der Waals surface area contributed by atoms with E-state index < -0.39 is 0 Å². The standard InChI is InChI=1S/C15H26N2O3/c1-10-8-17(9-11(2)20-10)15(19)14(16-12(3)18)13-6-4-5-7-13/h10-11,13-14H,4-9H2,1-3H3,(H,16,18). The van der Waals surface area contributed by atoms with Crippen LogP contribution in [0.15, 0.2) is 0 Å². The predicted molar refractivity (Wildman–Crippen MR) is 76.2 cm³/mol. The number of hydrogen-bond acceptors (Lipinski definition) is 3. The van der Waals surface area contributed by atoms with Crippen LogP contribution in [-0.2, 0) is 14.3 Å². The van der Waals surface area contributed by atoms with E-state index in [1.165, 1.54) is 6.92 Å². The van der Waals surface area contributed by atoms with Crippen LogP contribution in [0.5, 0.6) is 0 Å². The maximum Gasteiger partial charge on any atom is 0.245 e. The van der Waals surface area contributed by atoms with Gasteiger partial charge in [0.1, 0.15) is 6.04 Å². The van der Waals surface area contributed by atoms with Crippen LogP contribution in [0.2, 0.25) is 0 Å². The fourth-order valence-electron chi connectivity index (χ4n) is 3.45. The van der Waals surface area contributed by atoms with Gasteiger partial charge >= 0.3 is 0 Å². The first-order chi connectivity index (χ1) is 9.47. The summed E-state index contributed by atoms with van der Waals surface area (Å²) in [4.78, 5) is 26.0. The van der Waals surface area contributed by atoms with E-state index in [9.17, 15) is 9.59 Å². The van der Waals surface area contributed by atoms with Gasteiger partial charge in [-0.1, -0.05) is 12.8 Å². The van der Waals surface area contributed by atoms with Crippen molar-refractivity contribution in [2.75, 3.05) is 13.1 Å². The minimum atomic E-state index is -0.354. The number of morpholine rings is 1. The van der Waals surface area contributed by atoms with Gasteiger partial charge in [0.25, 0.3) is 0 Å². The van der Waals surface area contributed by atoms with Crippen LogP contribution >= 0.6 is 0 Å². The van der Waals surface area contributed by atoms with Crippen molar-refractivity contribution in [1.29, 1.82) is 0 Å². The smallest absolute Gasteiger partial charge is 0.245 e. The second-order valence-corrected chi connectivity index (χ2v) is 6.22. The maximum absolute atomic E-state index is 12.8. The Morgan fingerprint density at radius 2 is 1.70 bits per heavy atom. The molecule has 1 N–H and O–H groups in total. The van der Waals surface area contributed by atoms with Crippen molar-refractivity contribution in [3.05, 3.63) is 0 Å². The monoisotopic (exact) mass is 282 g/mol. The lowest BCUT2D eigenvalue weighted by Gasteiger charge is -2.38. The minimum absolute atomic E-state index is 0.0595. The molecule has 3 atom stereocenters. The van der Waals surface area contributed by atoms with Crippen LogP contribution in [0.1, 0.15) is 46.5 Å². The van der Waals surface area contributed by atoms with Gasteiger partial charge in [-0.25, -0.2) is 0 Å². The van der Waals surface area contributed by atoms with Gasteiger partial charge in [-0.15, -0.1) is 0 Å². The number of ether oxygens (including phenoxy) is 1. The molecule has 1 aliphatic heterocycles. The lowest BCUT2D eigenvalue weighted by atomic mass is 9.96. The summed E-state index contributed by atoms with van der Waals surface area (Å²) in [5.74, 6) is 0.235. The Bertz CT molecular complexity index is 356. The van der Waals surface area contributed by atoms with Crippen LogP contribution in [0.25, 0.3) is 0 Å². The van der Waals surface area contributed by atoms with Gasteiger partial charge < -0.3 is 15.0 Å². The van der Waals surface area contributed by atoms with E-state index in [1.54, 1.807) is 0 Å². The van der Waals surface area contributed by atoms with Crippen molar-refractivity contribution >= 4 is 11.8 Å². The number of nitrogens with zero attached hydrogens (tertiary/aromatic N) is 1. The summed E-state index contributed by atoms with van der Waals surface area (Å²) in [6, 6.07) is -0.354. The SMILES string of the molecule is CC(=O)NC(C(=O)N1CC(C)OC(C)C1)C1CCCC1. The highest BCUT2D eigenvalue weighted by molar-refractivity contribution is 5.87. The van der Waals surface area contributed by atoms with Gasteiger partial charge in [-0.2, -0.15) is 0 Å². The molecule has 0 bridgehead atoms. The summed E-state index contributed by atoms with van der Waals surface area (Å²) in [7, 11) is 0. The Morgan fingerprint density at radius 3 is 2.20 bits per heavy atom. The van der Waals surface area contributed by atoms with Crippen molar-refractivity contribution in [2.24, 2.45) is 5.92 Å². The topological polar surface area (TPSA) is 58.6 Å². The molecule has 0 aromatic rings. The number of nitrogens with one attached hydrogen (secondary N) is 1. The Morgan fingerprint density at radius 1 is 1.15 bits per heavy atom. The van der Waals surface area contributed by atoms with Crippen LogP contribution in [-0.4, -0.2) is 48.1 Å². The van der Waals surface area contributed by atoms with Gasteiger partial charge in [-0.3, -0.25) is 9.59 Å². The fraction of sp³-hybridized carbons (Fsp3) is 0.867. The first-order valence-corrected chi connectivity index (χ1v) is 7.68. The van der Waals surface area contributed by atoms with E-state index in [0.717, 1.165) is 25.7 Å². The number of hydrogen-bond donors (Lipinski definition) is 1. The zero-order valence-electron chi connectivity index (χ0n) is 12.7. The molecule has 1 heterocycles. The molecule has 3 unspecified atom stereocenters. The molecule has 114 valence electrons. The molecule has 5 heteroatoms. The second-order valence-electron chi connectivity index (χ2n) is 6.22. The third-order valence-corrected chi connectivity index (χ3v) is 4.23. The Balaban J connectivity index is 2.06. The molecular formula is C15H26N2O3. The van der Waals surface area contributed by atoms with E-state index in [2.05, 4.69) is 5.32 Å². The summed E-state index contributed by atoms with van der Waals surface area (Å²) in [6.07, 6.45) is 4.50. The van der Waals surface area contributed by atoms with Crippen LogP contribution < -0.4 is 5.32 Å². The van der Waals surface area contributed by atoms with Crippen LogP contribution in [0.4, 0.5) is 0 Å². The molecule has 2 amide bonds. The van der Waals surface area contributed by atoms with Gasteiger partial charge in [-0.05, 0) is 32.6 Å². The molecule has 5 nitrogen and oxygen atoms in total. The molecular weight excluding hydrogens is 256 g/mol. The molecule has 0 radical (unpaired) electrons. The third kappa shape index (κ3) is 3.72. The Labute approximate surface area is 121 Å². The van der Waals surface area contributed by atoms with Gasteiger partial charge in [0.2, 0.25) is 11.8 Å². The van der Waals surface area contributed by atoms with E-state index in [-0.39, 0.29) is 30.1 Å². The summed E-state index contributed by atoms with van der Waals surface area (Å²) < 4.78 is 5.67. The lowest BCUT2D eigenvalue weighted by molar-refractivity contribution is -0.148. The van der Waals surface area contributed by atoms with Crippen molar-refractivity contribution in [3.63, 3.8) is 0 Å². The molecule has 2 rings (SSSR count). The van der Waals surface area contributed by atoms with Crippen molar-refractivity contribution in [3.8, 4) is 0 Å². The summed E-state index contributed by atoms with van der Waals surface area (Å²) in [5, 5.41) is 2.88. The summed E-state index contributed by atoms with van der Waals surface area (Å²) >= 11 is 0. The minimum Gasteiger partial charge on any atom is -0.372 e. The van der Waals surface area contributed by atoms with E-state index in [4.69, 9.17) is 4.74 Å². The molecule has 2 aliphatic rings. The second kappa shape index (κ2) is 6.57. The highest BCUT2D eigenvalue weighted by atomic mass is 16.5. The van der Waals surface area contributed by atoms with E-state index >= 15 is 0 Å². The highest BCUT2D eigenvalue weighted by Gasteiger charge is 2.36. The van der Waals surface area contributed by atoms with Gasteiger partial charge in [0, 0.05) is 20.0 Å². The lowest BCUT2D eigenvalue weighted by Crippen LogP contribution is -2.56. The number of rotatable bonds is 3. The number of amides is 2. The zero-order valence-corrected chi connectivity index (χ0v) is 12.7. The normalized spacial score (nSPS) is 29.2.